The number of carboxylic acid groups (broad SMARTS) is 1. The maximum Gasteiger partial charge on any atom is 0.335 e. The quantitative estimate of drug-likeness (QED) is 0.765. The molecule has 0 fully saturated rings. The minimum Gasteiger partial charge on any atom is -0.493 e. The van der Waals surface area contributed by atoms with Crippen LogP contribution in [0.15, 0.2) is 24.3 Å². The van der Waals surface area contributed by atoms with Crippen molar-refractivity contribution in [2.75, 3.05) is 6.61 Å². The molecule has 0 aliphatic heterocycles. The molecule has 0 spiro atoms. The van der Waals surface area contributed by atoms with Crippen LogP contribution >= 0.6 is 12.2 Å². The van der Waals surface area contributed by atoms with Gasteiger partial charge in [-0.15, -0.1) is 0 Å². The Bertz CT molecular complexity index is 389. The van der Waals surface area contributed by atoms with Gasteiger partial charge in [0.15, 0.2) is 0 Å². The molecule has 0 aliphatic carbocycles. The predicted octanol–water partition coefficient (Wildman–Crippen LogP) is 1.69. The van der Waals surface area contributed by atoms with Crippen LogP contribution in [0, 0.1) is 5.92 Å². The van der Waals surface area contributed by atoms with E-state index in [0.29, 0.717) is 17.3 Å². The lowest BCUT2D eigenvalue weighted by atomic mass is 10.2. The minimum absolute atomic E-state index is 0.00542. The second kappa shape index (κ2) is 5.46. The highest BCUT2D eigenvalue weighted by Gasteiger charge is 2.06. The maximum absolute atomic E-state index is 10.6. The van der Waals surface area contributed by atoms with Crippen molar-refractivity contribution < 1.29 is 14.6 Å². The van der Waals surface area contributed by atoms with Crippen molar-refractivity contribution in [3.63, 3.8) is 0 Å². The molecule has 16 heavy (non-hydrogen) atoms. The van der Waals surface area contributed by atoms with Gasteiger partial charge in [0.25, 0.3) is 0 Å². The molecule has 0 radical (unpaired) electrons. The van der Waals surface area contributed by atoms with Gasteiger partial charge >= 0.3 is 5.97 Å². The van der Waals surface area contributed by atoms with Crippen molar-refractivity contribution in [3.05, 3.63) is 29.8 Å². The van der Waals surface area contributed by atoms with Gasteiger partial charge in [-0.25, -0.2) is 4.79 Å². The molecule has 86 valence electrons. The molecular weight excluding hydrogens is 226 g/mol. The van der Waals surface area contributed by atoms with Crippen LogP contribution in [0.2, 0.25) is 0 Å². The molecule has 0 saturated carbocycles. The van der Waals surface area contributed by atoms with Crippen LogP contribution < -0.4 is 10.5 Å². The van der Waals surface area contributed by atoms with Crippen LogP contribution in [0.5, 0.6) is 5.75 Å². The molecule has 1 rings (SSSR count). The standard InChI is InChI=1S/C11H13NO3S/c1-7(10(12)16)6-15-9-4-2-8(3-5-9)11(13)14/h2-5,7H,6H2,1H3,(H2,12,16)(H,13,14). The van der Waals surface area contributed by atoms with Crippen molar-refractivity contribution in [1.82, 2.24) is 0 Å². The highest BCUT2D eigenvalue weighted by atomic mass is 32.1. The van der Waals surface area contributed by atoms with Crippen molar-refractivity contribution in [2.45, 2.75) is 6.92 Å². The normalized spacial score (nSPS) is 11.8. The molecule has 0 saturated heterocycles. The monoisotopic (exact) mass is 239 g/mol. The van der Waals surface area contributed by atoms with E-state index >= 15 is 0 Å². The van der Waals surface area contributed by atoms with Crippen LogP contribution in [-0.4, -0.2) is 22.7 Å². The Balaban J connectivity index is 2.56. The molecular formula is C11H13NO3S. The van der Waals surface area contributed by atoms with Gasteiger partial charge in [-0.3, -0.25) is 0 Å². The number of thiocarbonyl (C=S) groups is 1. The zero-order valence-corrected chi connectivity index (χ0v) is 9.66. The van der Waals surface area contributed by atoms with E-state index in [4.69, 9.17) is 27.8 Å². The third kappa shape index (κ3) is 3.51. The first-order chi connectivity index (χ1) is 7.50. The highest BCUT2D eigenvalue weighted by molar-refractivity contribution is 7.80. The summed E-state index contributed by atoms with van der Waals surface area (Å²) >= 11 is 4.81. The summed E-state index contributed by atoms with van der Waals surface area (Å²) in [6.07, 6.45) is 0. The Labute approximate surface area is 99.0 Å². The Hall–Kier alpha value is -1.62. The van der Waals surface area contributed by atoms with Gasteiger partial charge in [0.1, 0.15) is 5.75 Å². The van der Waals surface area contributed by atoms with E-state index in [1.807, 2.05) is 6.92 Å². The topological polar surface area (TPSA) is 72.5 Å². The number of rotatable bonds is 5. The summed E-state index contributed by atoms with van der Waals surface area (Å²) in [6, 6.07) is 6.19. The number of hydrogen-bond donors (Lipinski definition) is 2. The lowest BCUT2D eigenvalue weighted by Gasteiger charge is -2.11. The summed E-state index contributed by atoms with van der Waals surface area (Å²) in [4.78, 5) is 11.0. The van der Waals surface area contributed by atoms with Crippen molar-refractivity contribution in [2.24, 2.45) is 11.7 Å². The van der Waals surface area contributed by atoms with Crippen LogP contribution in [0.4, 0.5) is 0 Å². The average molecular weight is 239 g/mol. The molecule has 4 nitrogen and oxygen atoms in total. The van der Waals surface area contributed by atoms with Crippen molar-refractivity contribution in [1.29, 1.82) is 0 Å². The first-order valence-electron chi connectivity index (χ1n) is 4.76. The first-order valence-corrected chi connectivity index (χ1v) is 5.17. The van der Waals surface area contributed by atoms with Crippen LogP contribution in [-0.2, 0) is 0 Å². The molecule has 0 aliphatic rings. The van der Waals surface area contributed by atoms with E-state index in [0.717, 1.165) is 0 Å². The fraction of sp³-hybridized carbons (Fsp3) is 0.273. The number of aromatic carboxylic acids is 1. The molecule has 1 atom stereocenters. The number of nitrogens with two attached hydrogens (primary N) is 1. The van der Waals surface area contributed by atoms with Gasteiger partial charge in [0, 0.05) is 5.92 Å². The molecule has 1 aromatic rings. The van der Waals surface area contributed by atoms with Crippen molar-refractivity contribution >= 4 is 23.2 Å². The Morgan fingerprint density at radius 1 is 1.50 bits per heavy atom. The van der Waals surface area contributed by atoms with Gasteiger partial charge in [-0.05, 0) is 24.3 Å². The fourth-order valence-electron chi connectivity index (χ4n) is 0.997. The number of hydrogen-bond acceptors (Lipinski definition) is 3. The smallest absolute Gasteiger partial charge is 0.335 e. The van der Waals surface area contributed by atoms with E-state index in [2.05, 4.69) is 0 Å². The van der Waals surface area contributed by atoms with Gasteiger partial charge < -0.3 is 15.6 Å². The number of carbonyl (C=O) groups is 1. The lowest BCUT2D eigenvalue weighted by Crippen LogP contribution is -2.24. The largest absolute Gasteiger partial charge is 0.493 e. The minimum atomic E-state index is -0.956. The molecule has 3 N–H and O–H groups in total. The van der Waals surface area contributed by atoms with E-state index in [1.165, 1.54) is 12.1 Å². The fourth-order valence-corrected chi connectivity index (χ4v) is 1.07. The third-order valence-electron chi connectivity index (χ3n) is 2.09. The first kappa shape index (κ1) is 12.4. The van der Waals surface area contributed by atoms with E-state index in [1.54, 1.807) is 12.1 Å². The average Bonchev–Trinajstić information content (AvgIpc) is 2.26. The Morgan fingerprint density at radius 3 is 2.50 bits per heavy atom. The summed E-state index contributed by atoms with van der Waals surface area (Å²) in [7, 11) is 0. The number of carboxylic acids is 1. The predicted molar refractivity (Wildman–Crippen MR) is 64.8 cm³/mol. The SMILES string of the molecule is CC(COc1ccc(C(=O)O)cc1)C(N)=S. The summed E-state index contributed by atoms with van der Waals surface area (Å²) in [5.74, 6) is -0.356. The Kier molecular flexibility index (Phi) is 4.25. The second-order valence-electron chi connectivity index (χ2n) is 3.44. The summed E-state index contributed by atoms with van der Waals surface area (Å²) < 4.78 is 5.40. The van der Waals surface area contributed by atoms with Crippen LogP contribution in [0.3, 0.4) is 0 Å². The van der Waals surface area contributed by atoms with Gasteiger partial charge in [-0.1, -0.05) is 19.1 Å². The molecule has 1 aromatic carbocycles. The molecule has 5 heteroatoms. The highest BCUT2D eigenvalue weighted by Crippen LogP contribution is 2.13. The molecule has 1 unspecified atom stereocenters. The zero-order valence-electron chi connectivity index (χ0n) is 8.84. The number of ether oxygens (including phenoxy) is 1. The summed E-state index contributed by atoms with van der Waals surface area (Å²) in [6.45, 7) is 2.26. The summed E-state index contributed by atoms with van der Waals surface area (Å²) in [5, 5.41) is 8.69. The molecule has 0 heterocycles. The Morgan fingerprint density at radius 2 is 2.06 bits per heavy atom. The van der Waals surface area contributed by atoms with Gasteiger partial charge in [0.2, 0.25) is 0 Å². The van der Waals surface area contributed by atoms with Crippen LogP contribution in [0.1, 0.15) is 17.3 Å². The molecule has 0 aromatic heterocycles. The molecule has 0 bridgehead atoms. The van der Waals surface area contributed by atoms with E-state index in [-0.39, 0.29) is 11.5 Å². The third-order valence-corrected chi connectivity index (χ3v) is 2.49. The maximum atomic E-state index is 10.6. The van der Waals surface area contributed by atoms with Crippen LogP contribution in [0.25, 0.3) is 0 Å². The van der Waals surface area contributed by atoms with E-state index < -0.39 is 5.97 Å². The summed E-state index contributed by atoms with van der Waals surface area (Å²) in [5.41, 5.74) is 5.67. The number of benzene rings is 1. The van der Waals surface area contributed by atoms with Gasteiger partial charge in [-0.2, -0.15) is 0 Å². The van der Waals surface area contributed by atoms with E-state index in [9.17, 15) is 4.79 Å². The van der Waals surface area contributed by atoms with Gasteiger partial charge in [0.05, 0.1) is 17.2 Å². The van der Waals surface area contributed by atoms with Crippen molar-refractivity contribution in [3.8, 4) is 5.75 Å². The molecule has 0 amide bonds. The second-order valence-corrected chi connectivity index (χ2v) is 3.92. The lowest BCUT2D eigenvalue weighted by molar-refractivity contribution is 0.0697. The zero-order chi connectivity index (χ0) is 12.1.